The highest BCUT2D eigenvalue weighted by Gasteiger charge is 2.25. The fourth-order valence-electron chi connectivity index (χ4n) is 3.29. The number of amides is 1. The third kappa shape index (κ3) is 4.38. The number of hydrogen-bond donors (Lipinski definition) is 2. The first-order valence-corrected chi connectivity index (χ1v) is 9.41. The van der Waals surface area contributed by atoms with Gasteiger partial charge < -0.3 is 19.9 Å². The Hall–Kier alpha value is -3.79. The summed E-state index contributed by atoms with van der Waals surface area (Å²) in [6.45, 7) is 5.18. The van der Waals surface area contributed by atoms with Gasteiger partial charge in [0.2, 0.25) is 5.91 Å². The van der Waals surface area contributed by atoms with E-state index < -0.39 is 0 Å². The summed E-state index contributed by atoms with van der Waals surface area (Å²) < 4.78 is 5.59. The number of anilines is 1. The Kier molecular flexibility index (Phi) is 5.43. The third-order valence-corrected chi connectivity index (χ3v) is 4.72. The molecule has 7 heteroatoms. The van der Waals surface area contributed by atoms with E-state index >= 15 is 0 Å². The molecule has 1 aliphatic rings. The minimum atomic E-state index is -0.0425. The number of aromatic amines is 1. The molecular formula is C22H21N5O2. The van der Waals surface area contributed by atoms with E-state index in [1.165, 1.54) is 12.4 Å². The van der Waals surface area contributed by atoms with Gasteiger partial charge in [-0.2, -0.15) is 0 Å². The van der Waals surface area contributed by atoms with Crippen LogP contribution in [0.5, 0.6) is 5.75 Å². The van der Waals surface area contributed by atoms with Gasteiger partial charge in [-0.15, -0.1) is 0 Å². The van der Waals surface area contributed by atoms with Crippen LogP contribution >= 0.6 is 0 Å². The Morgan fingerprint density at radius 1 is 1.38 bits per heavy atom. The van der Waals surface area contributed by atoms with Crippen LogP contribution in [0.15, 0.2) is 55.4 Å². The number of benzene rings is 1. The van der Waals surface area contributed by atoms with E-state index in [4.69, 9.17) is 4.74 Å². The molecule has 2 aromatic heterocycles. The molecule has 0 spiro atoms. The molecule has 1 fully saturated rings. The topological polar surface area (TPSA) is 83.1 Å². The molecule has 0 unspecified atom stereocenters. The molecule has 2 N–H and O–H groups in total. The molecular weight excluding hydrogens is 366 g/mol. The number of likely N-dealkylation sites (tertiary alicyclic amines) is 1. The summed E-state index contributed by atoms with van der Waals surface area (Å²) in [6.07, 6.45) is 3.72. The largest absolute Gasteiger partial charge is 0.481 e. The van der Waals surface area contributed by atoms with E-state index in [9.17, 15) is 4.79 Å². The lowest BCUT2D eigenvalue weighted by Crippen LogP contribution is -2.30. The third-order valence-electron chi connectivity index (χ3n) is 4.72. The zero-order valence-corrected chi connectivity index (χ0v) is 15.9. The van der Waals surface area contributed by atoms with Gasteiger partial charge in [-0.1, -0.05) is 30.7 Å². The molecule has 0 saturated carbocycles. The number of rotatable bonds is 5. The van der Waals surface area contributed by atoms with Crippen LogP contribution in [0, 0.1) is 11.8 Å². The highest BCUT2D eigenvalue weighted by molar-refractivity contribution is 5.89. The molecule has 1 saturated heterocycles. The van der Waals surface area contributed by atoms with Crippen LogP contribution in [-0.2, 0) is 4.79 Å². The molecule has 1 aliphatic heterocycles. The number of ether oxygens (including phenoxy) is 1. The normalized spacial score (nSPS) is 15.6. The highest BCUT2D eigenvalue weighted by Crippen LogP contribution is 2.23. The first kappa shape index (κ1) is 18.6. The van der Waals surface area contributed by atoms with E-state index in [0.29, 0.717) is 25.3 Å². The van der Waals surface area contributed by atoms with Gasteiger partial charge in [0.15, 0.2) is 0 Å². The second kappa shape index (κ2) is 8.48. The maximum absolute atomic E-state index is 11.8. The van der Waals surface area contributed by atoms with Crippen molar-refractivity contribution in [3.05, 3.63) is 61.1 Å². The van der Waals surface area contributed by atoms with E-state index in [2.05, 4.69) is 38.7 Å². The van der Waals surface area contributed by atoms with Gasteiger partial charge in [-0.25, -0.2) is 9.97 Å². The zero-order chi connectivity index (χ0) is 20.1. The molecule has 0 radical (unpaired) electrons. The minimum Gasteiger partial charge on any atom is -0.481 e. The summed E-state index contributed by atoms with van der Waals surface area (Å²) in [5, 5.41) is 4.29. The van der Waals surface area contributed by atoms with Gasteiger partial charge in [0, 0.05) is 19.1 Å². The van der Waals surface area contributed by atoms with E-state index in [0.717, 1.165) is 29.1 Å². The number of H-pyrrole nitrogens is 1. The van der Waals surface area contributed by atoms with E-state index in [-0.39, 0.29) is 11.9 Å². The van der Waals surface area contributed by atoms with Crippen molar-refractivity contribution in [3.63, 3.8) is 0 Å². The average molecular weight is 387 g/mol. The highest BCUT2D eigenvalue weighted by atomic mass is 16.5. The van der Waals surface area contributed by atoms with Crippen molar-refractivity contribution < 1.29 is 9.53 Å². The zero-order valence-electron chi connectivity index (χ0n) is 15.9. The van der Waals surface area contributed by atoms with Gasteiger partial charge in [-0.05, 0) is 36.6 Å². The number of carbonyl (C=O) groups is 1. The van der Waals surface area contributed by atoms with Crippen LogP contribution in [0.4, 0.5) is 5.82 Å². The maximum atomic E-state index is 11.8. The summed E-state index contributed by atoms with van der Waals surface area (Å²) in [4.78, 5) is 25.4. The number of nitrogens with zero attached hydrogens (tertiary/aromatic N) is 3. The summed E-state index contributed by atoms with van der Waals surface area (Å²) >= 11 is 0. The van der Waals surface area contributed by atoms with Crippen molar-refractivity contribution in [1.82, 2.24) is 19.9 Å². The Labute approximate surface area is 168 Å². The predicted octanol–water partition coefficient (Wildman–Crippen LogP) is 2.59. The minimum absolute atomic E-state index is 0.0425. The van der Waals surface area contributed by atoms with Crippen LogP contribution in [0.1, 0.15) is 12.1 Å². The summed E-state index contributed by atoms with van der Waals surface area (Å²) in [7, 11) is 0. The van der Waals surface area contributed by atoms with Crippen molar-refractivity contribution in [3.8, 4) is 17.6 Å². The SMILES string of the molecule is C=CC(=O)N1CC[C@@H](Nc2ncnc3[nH]c(C#CCOc4ccccc4)cc23)C1. The molecule has 1 atom stereocenters. The number of para-hydroxylation sites is 1. The van der Waals surface area contributed by atoms with Crippen LogP contribution in [0.25, 0.3) is 11.0 Å². The van der Waals surface area contributed by atoms with Gasteiger partial charge in [0.1, 0.15) is 30.1 Å². The van der Waals surface area contributed by atoms with Gasteiger partial charge in [-0.3, -0.25) is 4.79 Å². The number of hydrogen-bond acceptors (Lipinski definition) is 5. The lowest BCUT2D eigenvalue weighted by molar-refractivity contribution is -0.125. The second-order valence-corrected chi connectivity index (χ2v) is 6.69. The predicted molar refractivity (Wildman–Crippen MR) is 112 cm³/mol. The fraction of sp³-hybridized carbons (Fsp3) is 0.227. The van der Waals surface area contributed by atoms with Crippen molar-refractivity contribution >= 4 is 22.8 Å². The first-order chi connectivity index (χ1) is 14.2. The average Bonchev–Trinajstić information content (AvgIpc) is 3.39. The number of nitrogens with one attached hydrogen (secondary N) is 2. The molecule has 1 amide bonds. The molecule has 7 nitrogen and oxygen atoms in total. The Bertz CT molecular complexity index is 1080. The molecule has 1 aromatic carbocycles. The fourth-order valence-corrected chi connectivity index (χ4v) is 3.29. The number of fused-ring (bicyclic) bond motifs is 1. The maximum Gasteiger partial charge on any atom is 0.246 e. The summed E-state index contributed by atoms with van der Waals surface area (Å²) in [6, 6.07) is 11.6. The molecule has 146 valence electrons. The summed E-state index contributed by atoms with van der Waals surface area (Å²) in [5.74, 6) is 7.55. The van der Waals surface area contributed by atoms with E-state index in [1.807, 2.05) is 36.4 Å². The number of carbonyl (C=O) groups excluding carboxylic acids is 1. The smallest absolute Gasteiger partial charge is 0.246 e. The monoisotopic (exact) mass is 387 g/mol. The van der Waals surface area contributed by atoms with Crippen LogP contribution < -0.4 is 10.1 Å². The number of aromatic nitrogens is 3. The first-order valence-electron chi connectivity index (χ1n) is 9.41. The van der Waals surface area contributed by atoms with Gasteiger partial charge >= 0.3 is 0 Å². The van der Waals surface area contributed by atoms with Crippen LogP contribution in [0.3, 0.4) is 0 Å². The van der Waals surface area contributed by atoms with Crippen LogP contribution in [-0.4, -0.2) is 51.5 Å². The van der Waals surface area contributed by atoms with Crippen molar-refractivity contribution in [2.45, 2.75) is 12.5 Å². The molecule has 0 bridgehead atoms. The lowest BCUT2D eigenvalue weighted by atomic mass is 10.2. The van der Waals surface area contributed by atoms with Crippen molar-refractivity contribution in [2.24, 2.45) is 0 Å². The van der Waals surface area contributed by atoms with Gasteiger partial charge in [0.05, 0.1) is 11.1 Å². The summed E-state index contributed by atoms with van der Waals surface area (Å²) in [5.41, 5.74) is 1.46. The Morgan fingerprint density at radius 2 is 2.24 bits per heavy atom. The lowest BCUT2D eigenvalue weighted by Gasteiger charge is -2.15. The Morgan fingerprint density at radius 3 is 3.07 bits per heavy atom. The standard InChI is InChI=1S/C22H21N5O2/c1-2-20(28)27-11-10-17(14-27)26-22-19-13-16(25-21(19)23-15-24-22)7-6-12-29-18-8-4-3-5-9-18/h2-5,8-9,13,15,17H,1,10-12,14H2,(H2,23,24,25,26)/t17-/m1/s1. The molecule has 4 rings (SSSR count). The molecule has 29 heavy (non-hydrogen) atoms. The van der Waals surface area contributed by atoms with E-state index in [1.54, 1.807) is 4.90 Å². The molecule has 3 aromatic rings. The van der Waals surface area contributed by atoms with Crippen LogP contribution in [0.2, 0.25) is 0 Å². The molecule has 3 heterocycles. The van der Waals surface area contributed by atoms with Crippen molar-refractivity contribution in [1.29, 1.82) is 0 Å². The molecule has 0 aliphatic carbocycles. The quantitative estimate of drug-likeness (QED) is 0.519. The Balaban J connectivity index is 1.43. The van der Waals surface area contributed by atoms with Gasteiger partial charge in [0.25, 0.3) is 0 Å². The van der Waals surface area contributed by atoms with Crippen molar-refractivity contribution in [2.75, 3.05) is 25.0 Å². The second-order valence-electron chi connectivity index (χ2n) is 6.69.